The first kappa shape index (κ1) is 21.6. The van der Waals surface area contributed by atoms with Crippen molar-refractivity contribution < 1.29 is 13.2 Å². The first-order chi connectivity index (χ1) is 12.4. The van der Waals surface area contributed by atoms with Crippen molar-refractivity contribution >= 4 is 16.1 Å². The van der Waals surface area contributed by atoms with Crippen LogP contribution in [0.15, 0.2) is 0 Å². The second-order valence-corrected chi connectivity index (χ2v) is 9.84. The van der Waals surface area contributed by atoms with Gasteiger partial charge < -0.3 is 10.2 Å². The molecule has 2 aliphatic rings. The predicted octanol–water partition coefficient (Wildman–Crippen LogP) is 1.28. The van der Waals surface area contributed by atoms with Gasteiger partial charge in [0, 0.05) is 52.2 Å². The summed E-state index contributed by atoms with van der Waals surface area (Å²) in [6.45, 7) is 6.05. The summed E-state index contributed by atoms with van der Waals surface area (Å²) in [6.07, 6.45) is 7.32. The average molecular weight is 389 g/mol. The van der Waals surface area contributed by atoms with Crippen LogP contribution in [0.1, 0.15) is 51.9 Å². The maximum absolute atomic E-state index is 12.4. The van der Waals surface area contributed by atoms with E-state index in [1.54, 1.807) is 14.1 Å². The van der Waals surface area contributed by atoms with Crippen molar-refractivity contribution in [2.24, 2.45) is 5.92 Å². The predicted molar refractivity (Wildman–Crippen MR) is 104 cm³/mol. The van der Waals surface area contributed by atoms with Crippen LogP contribution in [0.25, 0.3) is 0 Å². The van der Waals surface area contributed by atoms with E-state index in [0.717, 1.165) is 13.0 Å². The van der Waals surface area contributed by atoms with Crippen molar-refractivity contribution in [1.82, 2.24) is 18.8 Å². The fourth-order valence-electron chi connectivity index (χ4n) is 4.03. The fourth-order valence-corrected chi connectivity index (χ4v) is 5.17. The van der Waals surface area contributed by atoms with Gasteiger partial charge in [-0.1, -0.05) is 13.3 Å². The van der Waals surface area contributed by atoms with E-state index in [9.17, 15) is 13.2 Å². The Morgan fingerprint density at radius 2 is 1.81 bits per heavy atom. The summed E-state index contributed by atoms with van der Waals surface area (Å²) in [4.78, 5) is 14.9. The highest BCUT2D eigenvalue weighted by atomic mass is 32.2. The molecule has 0 bridgehead atoms. The molecule has 152 valence electrons. The molecule has 0 aliphatic carbocycles. The third-order valence-electron chi connectivity index (χ3n) is 5.75. The Bertz CT molecular complexity index is 545. The quantitative estimate of drug-likeness (QED) is 0.636. The molecule has 7 nitrogen and oxygen atoms in total. The molecular weight excluding hydrogens is 352 g/mol. The van der Waals surface area contributed by atoms with Gasteiger partial charge in [0.2, 0.25) is 5.91 Å². The van der Waals surface area contributed by atoms with E-state index in [-0.39, 0.29) is 11.8 Å². The summed E-state index contributed by atoms with van der Waals surface area (Å²) >= 11 is 0. The zero-order valence-corrected chi connectivity index (χ0v) is 17.4. The Morgan fingerprint density at radius 3 is 2.42 bits per heavy atom. The molecule has 2 heterocycles. The minimum atomic E-state index is -3.36. The molecule has 0 unspecified atom stereocenters. The van der Waals surface area contributed by atoms with Crippen molar-refractivity contribution in [3.05, 3.63) is 0 Å². The highest BCUT2D eigenvalue weighted by molar-refractivity contribution is 7.86. The molecule has 2 aliphatic heterocycles. The molecule has 2 rings (SSSR count). The minimum Gasteiger partial charge on any atom is -0.356 e. The van der Waals surface area contributed by atoms with E-state index in [1.165, 1.54) is 40.8 Å². The summed E-state index contributed by atoms with van der Waals surface area (Å²) in [5.41, 5.74) is 0. The van der Waals surface area contributed by atoms with Crippen molar-refractivity contribution in [2.75, 3.05) is 46.8 Å². The Labute approximate surface area is 159 Å². The van der Waals surface area contributed by atoms with Crippen molar-refractivity contribution in [2.45, 2.75) is 57.9 Å². The first-order valence-electron chi connectivity index (χ1n) is 10.1. The van der Waals surface area contributed by atoms with Crippen LogP contribution in [-0.2, 0) is 15.0 Å². The number of nitrogens with one attached hydrogen (secondary N) is 1. The SMILES string of the molecule is CC[C@@H]1CCCCN1CCCNC(=O)C1CCN(S(=O)(=O)N(C)C)CC1. The van der Waals surface area contributed by atoms with Gasteiger partial charge in [0.25, 0.3) is 10.2 Å². The van der Waals surface area contributed by atoms with Gasteiger partial charge in [0.15, 0.2) is 0 Å². The zero-order valence-electron chi connectivity index (χ0n) is 16.6. The lowest BCUT2D eigenvalue weighted by Crippen LogP contribution is -2.47. The molecule has 8 heteroatoms. The number of rotatable bonds is 8. The summed E-state index contributed by atoms with van der Waals surface area (Å²) < 4.78 is 26.9. The molecule has 1 N–H and O–H groups in total. The second kappa shape index (κ2) is 10.0. The van der Waals surface area contributed by atoms with Gasteiger partial charge in [-0.25, -0.2) is 0 Å². The van der Waals surface area contributed by atoms with E-state index in [0.29, 0.717) is 38.5 Å². The molecule has 0 spiro atoms. The third kappa shape index (κ3) is 5.65. The molecule has 1 amide bonds. The van der Waals surface area contributed by atoms with Gasteiger partial charge in [-0.15, -0.1) is 0 Å². The Hall–Kier alpha value is -0.700. The first-order valence-corrected chi connectivity index (χ1v) is 11.4. The average Bonchev–Trinajstić information content (AvgIpc) is 2.65. The number of likely N-dealkylation sites (tertiary alicyclic amines) is 1. The lowest BCUT2D eigenvalue weighted by Gasteiger charge is -2.35. The van der Waals surface area contributed by atoms with Crippen LogP contribution >= 0.6 is 0 Å². The number of nitrogens with zero attached hydrogens (tertiary/aromatic N) is 3. The molecule has 0 aromatic rings. The normalized spacial score (nSPS) is 24.1. The largest absolute Gasteiger partial charge is 0.356 e. The van der Waals surface area contributed by atoms with Crippen molar-refractivity contribution in [1.29, 1.82) is 0 Å². The topological polar surface area (TPSA) is 73.0 Å². The van der Waals surface area contributed by atoms with E-state index >= 15 is 0 Å². The maximum atomic E-state index is 12.4. The Morgan fingerprint density at radius 1 is 1.12 bits per heavy atom. The lowest BCUT2D eigenvalue weighted by molar-refractivity contribution is -0.126. The summed E-state index contributed by atoms with van der Waals surface area (Å²) in [5.74, 6) is 0.0135. The summed E-state index contributed by atoms with van der Waals surface area (Å²) in [7, 11) is -0.278. The van der Waals surface area contributed by atoms with Gasteiger partial charge in [-0.3, -0.25) is 4.79 Å². The van der Waals surface area contributed by atoms with Crippen LogP contribution in [-0.4, -0.2) is 80.7 Å². The number of hydrogen-bond acceptors (Lipinski definition) is 4. The number of amides is 1. The van der Waals surface area contributed by atoms with Crippen molar-refractivity contribution in [3.8, 4) is 0 Å². The third-order valence-corrected chi connectivity index (χ3v) is 7.69. The smallest absolute Gasteiger partial charge is 0.281 e. The van der Waals surface area contributed by atoms with Gasteiger partial charge in [-0.2, -0.15) is 17.0 Å². The maximum Gasteiger partial charge on any atom is 0.281 e. The monoisotopic (exact) mass is 388 g/mol. The highest BCUT2D eigenvalue weighted by Crippen LogP contribution is 2.21. The molecule has 26 heavy (non-hydrogen) atoms. The molecule has 0 aromatic carbocycles. The zero-order chi connectivity index (χ0) is 19.2. The fraction of sp³-hybridized carbons (Fsp3) is 0.944. The van der Waals surface area contributed by atoms with E-state index in [4.69, 9.17) is 0 Å². The standard InChI is InChI=1S/C18H36N4O3S/c1-4-17-8-5-6-12-21(17)13-7-11-19-18(23)16-9-14-22(15-10-16)26(24,25)20(2)3/h16-17H,4-15H2,1-3H3,(H,19,23)/t17-/m1/s1. The number of carbonyl (C=O) groups excluding carboxylic acids is 1. The summed E-state index contributed by atoms with van der Waals surface area (Å²) in [6, 6.07) is 0.711. The molecule has 2 fully saturated rings. The molecule has 2 saturated heterocycles. The van der Waals surface area contributed by atoms with Gasteiger partial charge in [-0.05, 0) is 45.1 Å². The van der Waals surface area contributed by atoms with Gasteiger partial charge >= 0.3 is 0 Å². The Kier molecular flexibility index (Phi) is 8.32. The van der Waals surface area contributed by atoms with E-state index in [1.807, 2.05) is 0 Å². The van der Waals surface area contributed by atoms with Gasteiger partial charge in [0.1, 0.15) is 0 Å². The number of piperidine rings is 2. The van der Waals surface area contributed by atoms with Crippen LogP contribution < -0.4 is 5.32 Å². The molecule has 0 saturated carbocycles. The molecule has 0 aromatic heterocycles. The summed E-state index contributed by atoms with van der Waals surface area (Å²) in [5, 5.41) is 3.06. The Balaban J connectivity index is 1.66. The van der Waals surface area contributed by atoms with E-state index < -0.39 is 10.2 Å². The van der Waals surface area contributed by atoms with Crippen LogP contribution in [0.3, 0.4) is 0 Å². The number of carbonyl (C=O) groups is 1. The lowest BCUT2D eigenvalue weighted by atomic mass is 9.97. The van der Waals surface area contributed by atoms with Crippen LogP contribution in [0.2, 0.25) is 0 Å². The van der Waals surface area contributed by atoms with E-state index in [2.05, 4.69) is 17.1 Å². The minimum absolute atomic E-state index is 0.0676. The van der Waals surface area contributed by atoms with Crippen LogP contribution in [0.4, 0.5) is 0 Å². The second-order valence-electron chi connectivity index (χ2n) is 7.70. The van der Waals surface area contributed by atoms with Crippen LogP contribution in [0, 0.1) is 5.92 Å². The van der Waals surface area contributed by atoms with Gasteiger partial charge in [0.05, 0.1) is 0 Å². The van der Waals surface area contributed by atoms with Crippen LogP contribution in [0.5, 0.6) is 0 Å². The number of hydrogen-bond donors (Lipinski definition) is 1. The molecule has 0 radical (unpaired) electrons. The highest BCUT2D eigenvalue weighted by Gasteiger charge is 2.32. The van der Waals surface area contributed by atoms with Crippen molar-refractivity contribution in [3.63, 3.8) is 0 Å². The molecular formula is C18H36N4O3S. The molecule has 1 atom stereocenters.